The summed E-state index contributed by atoms with van der Waals surface area (Å²) in [5.41, 5.74) is 1.47. The number of ether oxygens (including phenoxy) is 1. The molecule has 3 N–H and O–H groups in total. The topological polar surface area (TPSA) is 128 Å². The Kier molecular flexibility index (Phi) is 9.33. The lowest BCUT2D eigenvalue weighted by Gasteiger charge is -2.34. The molecule has 0 saturated heterocycles. The van der Waals surface area contributed by atoms with Gasteiger partial charge in [0.2, 0.25) is 5.91 Å². The SMILES string of the molecule is C[C@@H]1CN([C@@H](C)CO)C(=O)Cc2cc(NS(=O)(=O)c3cccs3)ccc2O[C@H]1CN(C)C(=O)Nc1ccccc1. The number of carbonyl (C=O) groups is 2. The highest BCUT2D eigenvalue weighted by atomic mass is 32.2. The van der Waals surface area contributed by atoms with Gasteiger partial charge >= 0.3 is 6.03 Å². The molecule has 0 bridgehead atoms. The van der Waals surface area contributed by atoms with Gasteiger partial charge in [-0.15, -0.1) is 11.3 Å². The van der Waals surface area contributed by atoms with Crippen LogP contribution in [0.1, 0.15) is 19.4 Å². The number of hydrogen-bond acceptors (Lipinski definition) is 7. The van der Waals surface area contributed by atoms with Gasteiger partial charge in [0.25, 0.3) is 10.0 Å². The van der Waals surface area contributed by atoms with E-state index in [0.717, 1.165) is 11.3 Å². The number of likely N-dealkylation sites (N-methyl/N-ethyl adjacent to an activating group) is 1. The zero-order valence-electron chi connectivity index (χ0n) is 22.6. The van der Waals surface area contributed by atoms with Crippen molar-refractivity contribution in [3.8, 4) is 5.75 Å². The number of fused-ring (bicyclic) bond motifs is 1. The van der Waals surface area contributed by atoms with Crippen LogP contribution in [0, 0.1) is 5.92 Å². The van der Waals surface area contributed by atoms with Crippen LogP contribution in [-0.4, -0.2) is 74.2 Å². The van der Waals surface area contributed by atoms with Crippen molar-refractivity contribution >= 4 is 44.7 Å². The molecule has 2 heterocycles. The molecule has 3 aromatic rings. The Morgan fingerprint density at radius 2 is 1.93 bits per heavy atom. The average Bonchev–Trinajstić information content (AvgIpc) is 3.49. The number of anilines is 2. The van der Waals surface area contributed by atoms with Crippen LogP contribution < -0.4 is 14.8 Å². The average molecular weight is 587 g/mol. The number of rotatable bonds is 8. The molecule has 12 heteroatoms. The van der Waals surface area contributed by atoms with E-state index in [4.69, 9.17) is 4.74 Å². The molecule has 1 aliphatic heterocycles. The highest BCUT2D eigenvalue weighted by molar-refractivity contribution is 7.94. The van der Waals surface area contributed by atoms with Crippen LogP contribution in [-0.2, 0) is 21.2 Å². The zero-order chi connectivity index (χ0) is 28.9. The quantitative estimate of drug-likeness (QED) is 0.368. The van der Waals surface area contributed by atoms with E-state index >= 15 is 0 Å². The van der Waals surface area contributed by atoms with Gasteiger partial charge in [-0.3, -0.25) is 9.52 Å². The monoisotopic (exact) mass is 586 g/mol. The highest BCUT2D eigenvalue weighted by Gasteiger charge is 2.32. The van der Waals surface area contributed by atoms with Gasteiger partial charge in [-0.2, -0.15) is 0 Å². The molecule has 214 valence electrons. The Hall–Kier alpha value is -3.61. The van der Waals surface area contributed by atoms with Gasteiger partial charge in [0, 0.05) is 36.4 Å². The third-order valence-electron chi connectivity index (χ3n) is 6.75. The highest BCUT2D eigenvalue weighted by Crippen LogP contribution is 2.30. The molecule has 0 radical (unpaired) electrons. The molecule has 0 fully saturated rings. The largest absolute Gasteiger partial charge is 0.488 e. The van der Waals surface area contributed by atoms with E-state index in [1.54, 1.807) is 60.6 Å². The molecule has 1 aromatic heterocycles. The number of para-hydroxylation sites is 1. The van der Waals surface area contributed by atoms with E-state index in [9.17, 15) is 23.1 Å². The molecule has 2 aromatic carbocycles. The molecule has 3 amide bonds. The maximum absolute atomic E-state index is 13.4. The Morgan fingerprint density at radius 3 is 2.60 bits per heavy atom. The van der Waals surface area contributed by atoms with Crippen molar-refractivity contribution in [2.24, 2.45) is 5.92 Å². The maximum atomic E-state index is 13.4. The van der Waals surface area contributed by atoms with E-state index in [0.29, 0.717) is 29.2 Å². The number of sulfonamides is 1. The summed E-state index contributed by atoms with van der Waals surface area (Å²) in [5, 5.41) is 14.4. The van der Waals surface area contributed by atoms with Gasteiger partial charge in [-0.05, 0) is 48.7 Å². The van der Waals surface area contributed by atoms with Crippen molar-refractivity contribution in [3.05, 3.63) is 71.6 Å². The number of thiophene rings is 1. The summed E-state index contributed by atoms with van der Waals surface area (Å²) in [7, 11) is -2.11. The first-order valence-electron chi connectivity index (χ1n) is 12.9. The number of aliphatic hydroxyl groups excluding tert-OH is 1. The van der Waals surface area contributed by atoms with Crippen LogP contribution in [0.5, 0.6) is 5.75 Å². The standard InChI is InChI=1S/C28H34N4O6S2/c1-19-16-32(20(2)18-33)26(34)15-21-14-23(30-40(36,37)27-10-7-13-39-27)11-12-24(21)38-25(19)17-31(3)28(35)29-22-8-5-4-6-9-22/h4-14,19-20,25,30,33H,15-18H2,1-3H3,(H,29,35)/t19-,20+,25+/m1/s1. The number of hydrogen-bond donors (Lipinski definition) is 3. The van der Waals surface area contributed by atoms with Crippen LogP contribution in [0.4, 0.5) is 16.2 Å². The van der Waals surface area contributed by atoms with Gasteiger partial charge in [0.15, 0.2) is 0 Å². The lowest BCUT2D eigenvalue weighted by molar-refractivity contribution is -0.134. The first-order chi connectivity index (χ1) is 19.1. The molecule has 10 nitrogen and oxygen atoms in total. The molecule has 0 aliphatic carbocycles. The number of nitrogens with one attached hydrogen (secondary N) is 2. The molecular formula is C28H34N4O6S2. The van der Waals surface area contributed by atoms with E-state index in [1.807, 2.05) is 25.1 Å². The molecular weight excluding hydrogens is 552 g/mol. The molecule has 0 spiro atoms. The lowest BCUT2D eigenvalue weighted by atomic mass is 10.0. The van der Waals surface area contributed by atoms with Crippen LogP contribution in [0.3, 0.4) is 0 Å². The molecule has 0 saturated carbocycles. The minimum Gasteiger partial charge on any atom is -0.488 e. The van der Waals surface area contributed by atoms with Crippen LogP contribution in [0.2, 0.25) is 0 Å². The maximum Gasteiger partial charge on any atom is 0.321 e. The van der Waals surface area contributed by atoms with Crippen LogP contribution >= 0.6 is 11.3 Å². The number of urea groups is 1. The Bertz CT molecular complexity index is 1420. The smallest absolute Gasteiger partial charge is 0.321 e. The molecule has 0 unspecified atom stereocenters. The number of aliphatic hydroxyl groups is 1. The van der Waals surface area contributed by atoms with Crippen LogP contribution in [0.15, 0.2) is 70.3 Å². The fourth-order valence-corrected chi connectivity index (χ4v) is 6.47. The fraction of sp³-hybridized carbons (Fsp3) is 0.357. The predicted molar refractivity (Wildman–Crippen MR) is 155 cm³/mol. The van der Waals surface area contributed by atoms with Crippen molar-refractivity contribution in [1.82, 2.24) is 9.80 Å². The minimum atomic E-state index is -3.78. The van der Waals surface area contributed by atoms with Gasteiger partial charge < -0.3 is 25.0 Å². The van der Waals surface area contributed by atoms with Crippen molar-refractivity contribution in [3.63, 3.8) is 0 Å². The van der Waals surface area contributed by atoms with Crippen molar-refractivity contribution in [1.29, 1.82) is 0 Å². The second kappa shape index (κ2) is 12.7. The zero-order valence-corrected chi connectivity index (χ0v) is 24.2. The van der Waals surface area contributed by atoms with Crippen molar-refractivity contribution in [2.75, 3.05) is 36.8 Å². The summed E-state index contributed by atoms with van der Waals surface area (Å²) < 4.78 is 34.8. The number of benzene rings is 2. The third kappa shape index (κ3) is 7.12. The normalized spacial score (nSPS) is 18.4. The first-order valence-corrected chi connectivity index (χ1v) is 15.3. The summed E-state index contributed by atoms with van der Waals surface area (Å²) in [5.74, 6) is 0.0138. The lowest BCUT2D eigenvalue weighted by Crippen LogP contribution is -2.48. The predicted octanol–water partition coefficient (Wildman–Crippen LogP) is 3.86. The van der Waals surface area contributed by atoms with E-state index in [-0.39, 0.29) is 41.6 Å². The van der Waals surface area contributed by atoms with E-state index in [2.05, 4.69) is 10.0 Å². The van der Waals surface area contributed by atoms with Gasteiger partial charge in [-0.25, -0.2) is 13.2 Å². The van der Waals surface area contributed by atoms with E-state index < -0.39 is 22.2 Å². The third-order valence-corrected chi connectivity index (χ3v) is 9.53. The number of carbonyl (C=O) groups excluding carboxylic acids is 2. The second-order valence-electron chi connectivity index (χ2n) is 9.92. The summed E-state index contributed by atoms with van der Waals surface area (Å²) in [6, 6.07) is 16.4. The summed E-state index contributed by atoms with van der Waals surface area (Å²) in [6.07, 6.45) is -0.545. The van der Waals surface area contributed by atoms with Gasteiger partial charge in [0.05, 0.1) is 25.6 Å². The second-order valence-corrected chi connectivity index (χ2v) is 12.8. The van der Waals surface area contributed by atoms with Crippen molar-refractivity contribution in [2.45, 2.75) is 36.6 Å². The van der Waals surface area contributed by atoms with Crippen molar-refractivity contribution < 1.29 is 27.9 Å². The summed E-state index contributed by atoms with van der Waals surface area (Å²) in [6.45, 7) is 4.03. The number of nitrogens with zero attached hydrogens (tertiary/aromatic N) is 2. The van der Waals surface area contributed by atoms with Gasteiger partial charge in [0.1, 0.15) is 16.1 Å². The Balaban J connectivity index is 1.61. The Morgan fingerprint density at radius 1 is 1.18 bits per heavy atom. The molecule has 1 aliphatic rings. The summed E-state index contributed by atoms with van der Waals surface area (Å²) >= 11 is 1.10. The molecule has 4 rings (SSSR count). The van der Waals surface area contributed by atoms with Gasteiger partial charge in [-0.1, -0.05) is 31.2 Å². The summed E-state index contributed by atoms with van der Waals surface area (Å²) in [4.78, 5) is 29.4. The molecule has 3 atom stereocenters. The molecule has 40 heavy (non-hydrogen) atoms. The Labute approximate surface area is 238 Å². The minimum absolute atomic E-state index is 0.0436. The van der Waals surface area contributed by atoms with E-state index in [1.165, 1.54) is 11.0 Å². The fourth-order valence-electron chi connectivity index (χ4n) is 4.43. The number of amides is 3. The first kappa shape index (κ1) is 29.4. The van der Waals surface area contributed by atoms with Crippen LogP contribution in [0.25, 0.3) is 0 Å².